The molecule has 14 heavy (non-hydrogen) atoms. The fraction of sp³-hybridized carbons (Fsp3) is 0.900. The molecule has 2 N–H and O–H groups in total. The molecule has 0 saturated carbocycles. The maximum absolute atomic E-state index is 11.6. The van der Waals surface area contributed by atoms with Crippen molar-refractivity contribution >= 4 is 5.91 Å². The highest BCUT2D eigenvalue weighted by Gasteiger charge is 2.23. The molecule has 1 amide bonds. The third-order valence-corrected chi connectivity index (χ3v) is 2.56. The molecule has 0 aromatic rings. The second-order valence-electron chi connectivity index (χ2n) is 4.40. The lowest BCUT2D eigenvalue weighted by molar-refractivity contribution is -0.126. The Morgan fingerprint density at radius 1 is 1.64 bits per heavy atom. The molecule has 4 nitrogen and oxygen atoms in total. The van der Waals surface area contributed by atoms with Crippen molar-refractivity contribution in [2.75, 3.05) is 20.2 Å². The number of amides is 1. The zero-order chi connectivity index (χ0) is 10.6. The van der Waals surface area contributed by atoms with Gasteiger partial charge in [0.1, 0.15) is 0 Å². The normalized spacial score (nSPS) is 22.4. The summed E-state index contributed by atoms with van der Waals surface area (Å²) in [6.45, 7) is 5.72. The number of methoxy groups -OCH3 is 1. The zero-order valence-corrected chi connectivity index (χ0v) is 9.22. The Balaban J connectivity index is 2.27. The van der Waals surface area contributed by atoms with E-state index in [0.29, 0.717) is 12.5 Å². The van der Waals surface area contributed by atoms with Crippen LogP contribution < -0.4 is 10.6 Å². The summed E-state index contributed by atoms with van der Waals surface area (Å²) in [7, 11) is 1.63. The second kappa shape index (κ2) is 4.75. The molecule has 1 fully saturated rings. The second-order valence-corrected chi connectivity index (χ2v) is 4.40. The van der Waals surface area contributed by atoms with E-state index in [1.54, 1.807) is 7.11 Å². The number of carbonyl (C=O) groups excluding carboxylic acids is 1. The maximum atomic E-state index is 11.6. The lowest BCUT2D eigenvalue weighted by atomic mass is 10.0. The van der Waals surface area contributed by atoms with Crippen LogP contribution in [0.15, 0.2) is 0 Å². The Bertz CT molecular complexity index is 198. The van der Waals surface area contributed by atoms with Crippen LogP contribution in [-0.2, 0) is 9.53 Å². The van der Waals surface area contributed by atoms with Gasteiger partial charge in [0.25, 0.3) is 0 Å². The van der Waals surface area contributed by atoms with Crippen LogP contribution in [-0.4, -0.2) is 37.7 Å². The van der Waals surface area contributed by atoms with Crippen molar-refractivity contribution in [1.82, 2.24) is 10.6 Å². The van der Waals surface area contributed by atoms with Crippen LogP contribution in [0.25, 0.3) is 0 Å². The molecule has 0 radical (unpaired) electrons. The predicted octanol–water partition coefficient (Wildman–Crippen LogP) is 0.280. The van der Waals surface area contributed by atoms with Crippen molar-refractivity contribution in [3.63, 3.8) is 0 Å². The van der Waals surface area contributed by atoms with Crippen LogP contribution in [0.5, 0.6) is 0 Å². The third-order valence-electron chi connectivity index (χ3n) is 2.56. The summed E-state index contributed by atoms with van der Waals surface area (Å²) in [6, 6.07) is 0.301. The van der Waals surface area contributed by atoms with E-state index in [1.165, 1.54) is 0 Å². The molecule has 0 spiro atoms. The number of ether oxygens (including phenoxy) is 1. The number of carbonyl (C=O) groups is 1. The number of nitrogens with one attached hydrogen (secondary N) is 2. The maximum Gasteiger partial charge on any atom is 0.223 e. The van der Waals surface area contributed by atoms with Crippen molar-refractivity contribution in [3.8, 4) is 0 Å². The largest absolute Gasteiger partial charge is 0.378 e. The Kier molecular flexibility index (Phi) is 3.89. The number of hydrogen-bond acceptors (Lipinski definition) is 3. The average molecular weight is 200 g/mol. The highest BCUT2D eigenvalue weighted by Crippen LogP contribution is 2.12. The molecule has 0 aliphatic carbocycles. The Morgan fingerprint density at radius 3 is 2.86 bits per heavy atom. The van der Waals surface area contributed by atoms with Gasteiger partial charge in [0.05, 0.1) is 12.0 Å². The molecule has 0 aromatic carbocycles. The highest BCUT2D eigenvalue weighted by molar-refractivity contribution is 5.77. The molecule has 1 heterocycles. The summed E-state index contributed by atoms with van der Waals surface area (Å²) in [4.78, 5) is 11.6. The van der Waals surface area contributed by atoms with E-state index in [-0.39, 0.29) is 11.5 Å². The van der Waals surface area contributed by atoms with Gasteiger partial charge in [0.15, 0.2) is 0 Å². The first-order valence-electron chi connectivity index (χ1n) is 5.09. The number of rotatable bonds is 4. The minimum Gasteiger partial charge on any atom is -0.378 e. The van der Waals surface area contributed by atoms with Gasteiger partial charge in [-0.25, -0.2) is 0 Å². The van der Waals surface area contributed by atoms with Gasteiger partial charge < -0.3 is 15.4 Å². The molecule has 1 aliphatic heterocycles. The molecule has 1 rings (SSSR count). The molecular formula is C10H20N2O2. The zero-order valence-electron chi connectivity index (χ0n) is 9.22. The van der Waals surface area contributed by atoms with Crippen molar-refractivity contribution in [3.05, 3.63) is 0 Å². The third kappa shape index (κ3) is 3.64. The van der Waals surface area contributed by atoms with Gasteiger partial charge >= 0.3 is 0 Å². The fourth-order valence-electron chi connectivity index (χ4n) is 1.52. The SMILES string of the molecule is COC(C)(C)CC(=O)NC1CCNC1. The van der Waals surface area contributed by atoms with E-state index in [4.69, 9.17) is 4.74 Å². The van der Waals surface area contributed by atoms with E-state index >= 15 is 0 Å². The summed E-state index contributed by atoms with van der Waals surface area (Å²) in [5, 5.41) is 6.20. The minimum absolute atomic E-state index is 0.0746. The topological polar surface area (TPSA) is 50.4 Å². The summed E-state index contributed by atoms with van der Waals surface area (Å²) in [5.41, 5.74) is -0.365. The molecule has 4 heteroatoms. The van der Waals surface area contributed by atoms with Crippen molar-refractivity contribution < 1.29 is 9.53 Å². The molecular weight excluding hydrogens is 180 g/mol. The van der Waals surface area contributed by atoms with E-state index in [0.717, 1.165) is 19.5 Å². The van der Waals surface area contributed by atoms with Gasteiger partial charge in [-0.05, 0) is 26.8 Å². The lowest BCUT2D eigenvalue weighted by Gasteiger charge is -2.23. The summed E-state index contributed by atoms with van der Waals surface area (Å²) < 4.78 is 5.20. The lowest BCUT2D eigenvalue weighted by Crippen LogP contribution is -2.40. The van der Waals surface area contributed by atoms with Crippen molar-refractivity contribution in [2.24, 2.45) is 0 Å². The molecule has 1 atom stereocenters. The van der Waals surface area contributed by atoms with Gasteiger partial charge in [-0.2, -0.15) is 0 Å². The summed E-state index contributed by atoms with van der Waals surface area (Å²) in [6.07, 6.45) is 1.44. The summed E-state index contributed by atoms with van der Waals surface area (Å²) >= 11 is 0. The molecule has 82 valence electrons. The van der Waals surface area contributed by atoms with Gasteiger partial charge in [-0.15, -0.1) is 0 Å². The van der Waals surface area contributed by atoms with E-state index in [2.05, 4.69) is 10.6 Å². The Morgan fingerprint density at radius 2 is 2.36 bits per heavy atom. The standard InChI is InChI=1S/C10H20N2O2/c1-10(2,14-3)6-9(13)12-8-4-5-11-7-8/h8,11H,4-7H2,1-3H3,(H,12,13). The van der Waals surface area contributed by atoms with E-state index in [1.807, 2.05) is 13.8 Å². The van der Waals surface area contributed by atoms with Crippen LogP contribution in [0.1, 0.15) is 26.7 Å². The van der Waals surface area contributed by atoms with Gasteiger partial charge in [-0.3, -0.25) is 4.79 Å². The minimum atomic E-state index is -0.365. The quantitative estimate of drug-likeness (QED) is 0.685. The van der Waals surface area contributed by atoms with Crippen molar-refractivity contribution in [1.29, 1.82) is 0 Å². The monoisotopic (exact) mass is 200 g/mol. The Hall–Kier alpha value is -0.610. The van der Waals surface area contributed by atoms with Crippen molar-refractivity contribution in [2.45, 2.75) is 38.3 Å². The first-order valence-corrected chi connectivity index (χ1v) is 5.09. The average Bonchev–Trinajstić information content (AvgIpc) is 2.55. The first kappa shape index (κ1) is 11.5. The molecule has 0 bridgehead atoms. The summed E-state index contributed by atoms with van der Waals surface area (Å²) in [5.74, 6) is 0.0746. The van der Waals surface area contributed by atoms with Crippen LogP contribution in [0.2, 0.25) is 0 Å². The van der Waals surface area contributed by atoms with E-state index in [9.17, 15) is 4.79 Å². The highest BCUT2D eigenvalue weighted by atomic mass is 16.5. The van der Waals surface area contributed by atoms with Crippen LogP contribution in [0.4, 0.5) is 0 Å². The fourth-order valence-corrected chi connectivity index (χ4v) is 1.52. The van der Waals surface area contributed by atoms with Crippen LogP contribution in [0.3, 0.4) is 0 Å². The molecule has 1 saturated heterocycles. The first-order chi connectivity index (χ1) is 6.53. The predicted molar refractivity (Wildman–Crippen MR) is 55.1 cm³/mol. The smallest absolute Gasteiger partial charge is 0.223 e. The number of hydrogen-bond donors (Lipinski definition) is 2. The molecule has 1 aliphatic rings. The van der Waals surface area contributed by atoms with Crippen LogP contribution >= 0.6 is 0 Å². The molecule has 0 aromatic heterocycles. The van der Waals surface area contributed by atoms with Gasteiger partial charge in [-0.1, -0.05) is 0 Å². The van der Waals surface area contributed by atoms with E-state index < -0.39 is 0 Å². The van der Waals surface area contributed by atoms with Crippen LogP contribution in [0, 0.1) is 0 Å². The Labute approximate surface area is 85.4 Å². The molecule has 1 unspecified atom stereocenters. The van der Waals surface area contributed by atoms with Gasteiger partial charge in [0, 0.05) is 19.7 Å². The van der Waals surface area contributed by atoms with Gasteiger partial charge in [0.2, 0.25) is 5.91 Å².